The largest absolute Gasteiger partial charge is 0.494 e. The number of thiophene rings is 1. The molecule has 0 aliphatic rings. The highest BCUT2D eigenvalue weighted by molar-refractivity contribution is 7.22. The number of quaternary nitrogens is 1. The number of fused-ring (bicyclic) bond motifs is 1. The molecule has 3 aromatic rings. The van der Waals surface area contributed by atoms with E-state index in [1.165, 1.54) is 27.6 Å². The number of carbonyl (C=O) groups excluding carboxylic acids is 1. The topological polar surface area (TPSA) is 46.9 Å². The van der Waals surface area contributed by atoms with Crippen LogP contribution in [0.1, 0.15) is 9.67 Å². The zero-order valence-electron chi connectivity index (χ0n) is 13.9. The van der Waals surface area contributed by atoms with Gasteiger partial charge in [0.15, 0.2) is 5.13 Å². The van der Waals surface area contributed by atoms with Gasteiger partial charge in [0.05, 0.1) is 43.9 Å². The first-order valence-corrected chi connectivity index (χ1v) is 9.37. The van der Waals surface area contributed by atoms with E-state index in [1.54, 1.807) is 12.0 Å². The van der Waals surface area contributed by atoms with Crippen molar-refractivity contribution >= 4 is 43.9 Å². The number of nitrogens with one attached hydrogen (secondary N) is 1. The summed E-state index contributed by atoms with van der Waals surface area (Å²) in [7, 11) is 5.79. The molecule has 0 saturated heterocycles. The highest BCUT2D eigenvalue weighted by Gasteiger charge is 2.23. The molecule has 0 aliphatic heterocycles. The molecule has 2 heterocycles. The van der Waals surface area contributed by atoms with E-state index in [1.807, 2.05) is 35.7 Å². The number of likely N-dealkylation sites (N-methyl/N-ethyl adjacent to an activating group) is 1. The summed E-state index contributed by atoms with van der Waals surface area (Å²) in [6.45, 7) is 1.48. The van der Waals surface area contributed by atoms with Crippen LogP contribution in [-0.4, -0.2) is 45.2 Å². The standard InChI is InChI=1S/C17H19N3O2S2/c1-19(2)9-10-20(16(21)14-8-5-11-23-14)17-18-15-12(22-3)6-4-7-13(15)24-17/h4-8,11H,9-10H2,1-3H3/p+1. The number of rotatable bonds is 6. The summed E-state index contributed by atoms with van der Waals surface area (Å²) >= 11 is 2.98. The average molecular weight is 362 g/mol. The van der Waals surface area contributed by atoms with Crippen molar-refractivity contribution in [3.8, 4) is 5.75 Å². The number of thiazole rings is 1. The molecule has 0 spiro atoms. The van der Waals surface area contributed by atoms with E-state index in [-0.39, 0.29) is 5.91 Å². The van der Waals surface area contributed by atoms with Crippen molar-refractivity contribution < 1.29 is 14.4 Å². The van der Waals surface area contributed by atoms with Crippen LogP contribution in [0.2, 0.25) is 0 Å². The lowest BCUT2D eigenvalue weighted by Gasteiger charge is -2.19. The number of benzene rings is 1. The van der Waals surface area contributed by atoms with Crippen LogP contribution in [0.3, 0.4) is 0 Å². The minimum absolute atomic E-state index is 0.00396. The molecule has 0 fully saturated rings. The van der Waals surface area contributed by atoms with Gasteiger partial charge in [-0.15, -0.1) is 11.3 Å². The highest BCUT2D eigenvalue weighted by atomic mass is 32.1. The molecule has 2 aromatic heterocycles. The van der Waals surface area contributed by atoms with Gasteiger partial charge in [0.1, 0.15) is 11.3 Å². The second-order valence-corrected chi connectivity index (χ2v) is 7.65. The summed E-state index contributed by atoms with van der Waals surface area (Å²) in [6, 6.07) is 9.59. The Bertz CT molecular complexity index is 828. The Kier molecular flexibility index (Phi) is 5.13. The predicted octanol–water partition coefficient (Wildman–Crippen LogP) is 2.16. The number of hydrogen-bond donors (Lipinski definition) is 1. The summed E-state index contributed by atoms with van der Waals surface area (Å²) in [5, 5.41) is 2.64. The third-order valence-corrected chi connectivity index (χ3v) is 5.54. The first kappa shape index (κ1) is 16.9. The van der Waals surface area contributed by atoms with Crippen LogP contribution in [0, 0.1) is 0 Å². The second-order valence-electron chi connectivity index (χ2n) is 5.69. The van der Waals surface area contributed by atoms with E-state index in [4.69, 9.17) is 4.74 Å². The summed E-state index contributed by atoms with van der Waals surface area (Å²) in [5.41, 5.74) is 0.807. The fourth-order valence-corrected chi connectivity index (χ4v) is 4.02. The van der Waals surface area contributed by atoms with Crippen molar-refractivity contribution in [2.75, 3.05) is 39.2 Å². The zero-order valence-corrected chi connectivity index (χ0v) is 15.5. The smallest absolute Gasteiger partial charge is 0.270 e. The highest BCUT2D eigenvalue weighted by Crippen LogP contribution is 2.34. The molecule has 0 radical (unpaired) electrons. The molecule has 1 aromatic carbocycles. The van der Waals surface area contributed by atoms with Crippen LogP contribution < -0.4 is 14.5 Å². The molecule has 0 aliphatic carbocycles. The molecule has 126 valence electrons. The molecule has 5 nitrogen and oxygen atoms in total. The van der Waals surface area contributed by atoms with Crippen LogP contribution in [-0.2, 0) is 0 Å². The molecule has 1 N–H and O–H groups in total. The number of methoxy groups -OCH3 is 1. The first-order chi connectivity index (χ1) is 11.6. The lowest BCUT2D eigenvalue weighted by Crippen LogP contribution is -3.06. The van der Waals surface area contributed by atoms with Gasteiger partial charge in [0.2, 0.25) is 0 Å². The Morgan fingerprint density at radius 3 is 2.79 bits per heavy atom. The molecule has 3 rings (SSSR count). The molecule has 0 saturated carbocycles. The van der Waals surface area contributed by atoms with Crippen LogP contribution in [0.4, 0.5) is 5.13 Å². The van der Waals surface area contributed by atoms with Gasteiger partial charge in [-0.3, -0.25) is 9.69 Å². The van der Waals surface area contributed by atoms with Crippen LogP contribution in [0.25, 0.3) is 10.2 Å². The SMILES string of the molecule is COc1cccc2sc(N(CC[NH+](C)C)C(=O)c3cccs3)nc12. The molecular weight excluding hydrogens is 342 g/mol. The van der Waals surface area contributed by atoms with Gasteiger partial charge in [-0.1, -0.05) is 23.5 Å². The summed E-state index contributed by atoms with van der Waals surface area (Å²) in [6.07, 6.45) is 0. The Balaban J connectivity index is 2.00. The van der Waals surface area contributed by atoms with Gasteiger partial charge in [-0.05, 0) is 23.6 Å². The number of ether oxygens (including phenoxy) is 1. The first-order valence-electron chi connectivity index (χ1n) is 7.68. The third-order valence-electron chi connectivity index (χ3n) is 3.63. The quantitative estimate of drug-likeness (QED) is 0.731. The van der Waals surface area contributed by atoms with E-state index in [0.717, 1.165) is 27.4 Å². The number of aromatic nitrogens is 1. The van der Waals surface area contributed by atoms with Gasteiger partial charge >= 0.3 is 0 Å². The van der Waals surface area contributed by atoms with E-state index >= 15 is 0 Å². The van der Waals surface area contributed by atoms with Gasteiger partial charge in [-0.25, -0.2) is 4.98 Å². The summed E-state index contributed by atoms with van der Waals surface area (Å²) in [4.78, 5) is 21.4. The van der Waals surface area contributed by atoms with Crippen molar-refractivity contribution in [3.63, 3.8) is 0 Å². The maximum absolute atomic E-state index is 12.9. The average Bonchev–Trinajstić information content (AvgIpc) is 3.23. The van der Waals surface area contributed by atoms with E-state index < -0.39 is 0 Å². The molecule has 0 atom stereocenters. The lowest BCUT2D eigenvalue weighted by molar-refractivity contribution is -0.856. The maximum atomic E-state index is 12.9. The molecule has 24 heavy (non-hydrogen) atoms. The van der Waals surface area contributed by atoms with Gasteiger partial charge < -0.3 is 9.64 Å². The van der Waals surface area contributed by atoms with Gasteiger partial charge in [-0.2, -0.15) is 0 Å². The van der Waals surface area contributed by atoms with E-state index in [2.05, 4.69) is 19.1 Å². The Labute approximate surface area is 149 Å². The minimum atomic E-state index is 0.00396. The zero-order chi connectivity index (χ0) is 17.1. The fraction of sp³-hybridized carbons (Fsp3) is 0.294. The van der Waals surface area contributed by atoms with Gasteiger partial charge in [0, 0.05) is 0 Å². The summed E-state index contributed by atoms with van der Waals surface area (Å²) in [5.74, 6) is 0.737. The second kappa shape index (κ2) is 7.29. The number of carbonyl (C=O) groups is 1. The van der Waals surface area contributed by atoms with Crippen LogP contribution in [0.5, 0.6) is 5.75 Å². The van der Waals surface area contributed by atoms with Crippen LogP contribution in [0.15, 0.2) is 35.7 Å². The number of anilines is 1. The van der Waals surface area contributed by atoms with Crippen LogP contribution >= 0.6 is 22.7 Å². The predicted molar refractivity (Wildman–Crippen MR) is 99.8 cm³/mol. The monoisotopic (exact) mass is 362 g/mol. The summed E-state index contributed by atoms with van der Waals surface area (Å²) < 4.78 is 6.41. The Hall–Kier alpha value is -1.96. The Morgan fingerprint density at radius 2 is 2.12 bits per heavy atom. The molecule has 7 heteroatoms. The maximum Gasteiger partial charge on any atom is 0.270 e. The number of hydrogen-bond acceptors (Lipinski definition) is 5. The van der Waals surface area contributed by atoms with Crippen molar-refractivity contribution in [1.29, 1.82) is 0 Å². The lowest BCUT2D eigenvalue weighted by atomic mass is 10.3. The molecule has 1 amide bonds. The van der Waals surface area contributed by atoms with Crippen molar-refractivity contribution in [2.45, 2.75) is 0 Å². The molecule has 0 bridgehead atoms. The van der Waals surface area contributed by atoms with E-state index in [0.29, 0.717) is 11.7 Å². The third kappa shape index (κ3) is 3.43. The fourth-order valence-electron chi connectivity index (χ4n) is 2.34. The normalized spacial score (nSPS) is 11.2. The van der Waals surface area contributed by atoms with Crippen molar-refractivity contribution in [3.05, 3.63) is 40.6 Å². The molecule has 0 unspecified atom stereocenters. The number of para-hydroxylation sites is 1. The van der Waals surface area contributed by atoms with Gasteiger partial charge in [0.25, 0.3) is 5.91 Å². The number of nitrogens with zero attached hydrogens (tertiary/aromatic N) is 2. The van der Waals surface area contributed by atoms with E-state index in [9.17, 15) is 4.79 Å². The van der Waals surface area contributed by atoms with Crippen molar-refractivity contribution in [2.24, 2.45) is 0 Å². The Morgan fingerprint density at radius 1 is 1.29 bits per heavy atom. The minimum Gasteiger partial charge on any atom is -0.494 e. The molecular formula is C17H20N3O2S2+. The van der Waals surface area contributed by atoms with Crippen molar-refractivity contribution in [1.82, 2.24) is 4.98 Å². The number of amides is 1.